The zero-order chi connectivity index (χ0) is 20.0. The lowest BCUT2D eigenvalue weighted by Gasteiger charge is -2.26. The van der Waals surface area contributed by atoms with Gasteiger partial charge in [0, 0.05) is 11.8 Å². The van der Waals surface area contributed by atoms with Crippen molar-refractivity contribution in [3.63, 3.8) is 0 Å². The number of aromatic nitrogens is 2. The average molecular weight is 400 g/mol. The van der Waals surface area contributed by atoms with Gasteiger partial charge in [0.1, 0.15) is 12.5 Å². The number of aryl methyl sites for hydroxylation is 1. The van der Waals surface area contributed by atoms with Gasteiger partial charge in [-0.1, -0.05) is 6.08 Å². The van der Waals surface area contributed by atoms with Crippen LogP contribution in [-0.2, 0) is 18.3 Å². The standard InChI is InChI=1S/C18H29N2O6P/c1-12(2)25-27(22,26-13(3)4)11-23-15-6-8-16(9-7-15)24-18-19-10-14(5)17(21)20-18/h6,8,10,12-13,15-16H,7,9,11H2,1-5H3,(H,19,20,21)/t15-,16+/m1/s1. The summed E-state index contributed by atoms with van der Waals surface area (Å²) in [4.78, 5) is 18.3. The van der Waals surface area contributed by atoms with Crippen LogP contribution in [-0.4, -0.2) is 40.7 Å². The predicted molar refractivity (Wildman–Crippen MR) is 102 cm³/mol. The molecule has 2 atom stereocenters. The fourth-order valence-corrected chi connectivity index (χ4v) is 4.40. The summed E-state index contributed by atoms with van der Waals surface area (Å²) >= 11 is 0. The summed E-state index contributed by atoms with van der Waals surface area (Å²) < 4.78 is 35.2. The minimum atomic E-state index is -3.32. The molecule has 1 N–H and O–H groups in total. The Morgan fingerprint density at radius 3 is 2.26 bits per heavy atom. The lowest BCUT2D eigenvalue weighted by molar-refractivity contribution is 0.0608. The van der Waals surface area contributed by atoms with Crippen LogP contribution in [0.3, 0.4) is 0 Å². The van der Waals surface area contributed by atoms with E-state index in [0.717, 1.165) is 0 Å². The van der Waals surface area contributed by atoms with Gasteiger partial charge < -0.3 is 18.5 Å². The van der Waals surface area contributed by atoms with E-state index in [1.807, 2.05) is 39.8 Å². The minimum absolute atomic E-state index is 0.100. The van der Waals surface area contributed by atoms with Crippen LogP contribution in [0.25, 0.3) is 0 Å². The lowest BCUT2D eigenvalue weighted by Crippen LogP contribution is -2.26. The predicted octanol–water partition coefficient (Wildman–Crippen LogP) is 3.56. The van der Waals surface area contributed by atoms with Crippen LogP contribution in [0, 0.1) is 6.92 Å². The largest absolute Gasteiger partial charge is 0.457 e. The first kappa shape index (κ1) is 21.8. The van der Waals surface area contributed by atoms with Crippen LogP contribution < -0.4 is 10.3 Å². The monoisotopic (exact) mass is 400 g/mol. The molecule has 9 heteroatoms. The third kappa shape index (κ3) is 7.22. The van der Waals surface area contributed by atoms with Gasteiger partial charge in [-0.25, -0.2) is 4.98 Å². The van der Waals surface area contributed by atoms with E-state index in [1.165, 1.54) is 6.20 Å². The molecule has 1 heterocycles. The first-order valence-corrected chi connectivity index (χ1v) is 10.9. The molecule has 0 amide bonds. The van der Waals surface area contributed by atoms with E-state index in [2.05, 4.69) is 9.97 Å². The van der Waals surface area contributed by atoms with Crippen molar-refractivity contribution in [2.24, 2.45) is 0 Å². The fraction of sp³-hybridized carbons (Fsp3) is 0.667. The summed E-state index contributed by atoms with van der Waals surface area (Å²) in [5.41, 5.74) is 0.318. The molecule has 1 aromatic rings. The van der Waals surface area contributed by atoms with Gasteiger partial charge in [-0.15, -0.1) is 0 Å². The third-order valence-corrected chi connectivity index (χ3v) is 5.63. The summed E-state index contributed by atoms with van der Waals surface area (Å²) in [6.45, 7) is 8.91. The smallest absolute Gasteiger partial charge is 0.356 e. The van der Waals surface area contributed by atoms with E-state index in [4.69, 9.17) is 18.5 Å². The fourth-order valence-electron chi connectivity index (χ4n) is 2.57. The van der Waals surface area contributed by atoms with Gasteiger partial charge in [-0.2, -0.15) is 0 Å². The van der Waals surface area contributed by atoms with Crippen molar-refractivity contribution in [3.8, 4) is 6.01 Å². The summed E-state index contributed by atoms with van der Waals surface area (Å²) in [6.07, 6.45) is 5.60. The zero-order valence-electron chi connectivity index (χ0n) is 16.5. The molecule has 0 spiro atoms. The summed E-state index contributed by atoms with van der Waals surface area (Å²) in [5.74, 6) is 0. The van der Waals surface area contributed by atoms with Gasteiger partial charge in [0.05, 0.1) is 18.3 Å². The highest BCUT2D eigenvalue weighted by Gasteiger charge is 2.30. The van der Waals surface area contributed by atoms with Crippen molar-refractivity contribution in [1.29, 1.82) is 0 Å². The number of nitrogens with one attached hydrogen (secondary N) is 1. The van der Waals surface area contributed by atoms with E-state index >= 15 is 0 Å². The molecule has 0 fully saturated rings. The van der Waals surface area contributed by atoms with E-state index in [9.17, 15) is 9.36 Å². The van der Waals surface area contributed by atoms with Gasteiger partial charge in [0.15, 0.2) is 0 Å². The maximum absolute atomic E-state index is 12.8. The van der Waals surface area contributed by atoms with Gasteiger partial charge in [-0.05, 0) is 53.5 Å². The molecule has 8 nitrogen and oxygen atoms in total. The Balaban J connectivity index is 1.89. The molecule has 0 unspecified atom stereocenters. The Morgan fingerprint density at radius 1 is 1.15 bits per heavy atom. The van der Waals surface area contributed by atoms with Crippen LogP contribution in [0.4, 0.5) is 0 Å². The van der Waals surface area contributed by atoms with Crippen molar-refractivity contribution >= 4 is 7.60 Å². The highest BCUT2D eigenvalue weighted by molar-refractivity contribution is 7.53. The molecule has 1 aromatic heterocycles. The van der Waals surface area contributed by atoms with Crippen molar-refractivity contribution in [2.75, 3.05) is 6.35 Å². The summed E-state index contributed by atoms with van der Waals surface area (Å²) in [7, 11) is -3.32. The quantitative estimate of drug-likeness (QED) is 0.500. The topological polar surface area (TPSA) is 99.7 Å². The number of rotatable bonds is 9. The number of ether oxygens (including phenoxy) is 2. The second kappa shape index (κ2) is 9.64. The maximum atomic E-state index is 12.8. The van der Waals surface area contributed by atoms with Crippen LogP contribution in [0.1, 0.15) is 46.1 Å². The first-order valence-electron chi connectivity index (χ1n) is 9.15. The molecular formula is C18H29N2O6P. The van der Waals surface area contributed by atoms with Crippen LogP contribution in [0.5, 0.6) is 6.01 Å². The van der Waals surface area contributed by atoms with Crippen molar-refractivity contribution in [2.45, 2.75) is 71.9 Å². The van der Waals surface area contributed by atoms with Gasteiger partial charge >= 0.3 is 7.60 Å². The Labute approximate surface area is 159 Å². The molecule has 0 bridgehead atoms. The Bertz CT molecular complexity index is 732. The molecule has 0 saturated heterocycles. The normalized spacial score (nSPS) is 20.4. The van der Waals surface area contributed by atoms with E-state index < -0.39 is 7.60 Å². The van der Waals surface area contributed by atoms with Crippen molar-refractivity contribution < 1.29 is 23.1 Å². The minimum Gasteiger partial charge on any atom is -0.457 e. The van der Waals surface area contributed by atoms with E-state index in [-0.39, 0.29) is 42.3 Å². The Hall–Kier alpha value is -1.47. The molecule has 27 heavy (non-hydrogen) atoms. The van der Waals surface area contributed by atoms with Crippen LogP contribution in [0.2, 0.25) is 0 Å². The second-order valence-corrected chi connectivity index (χ2v) is 8.97. The number of H-pyrrole nitrogens is 1. The molecule has 0 aromatic carbocycles. The molecule has 2 rings (SSSR count). The van der Waals surface area contributed by atoms with E-state index in [1.54, 1.807) is 6.92 Å². The highest BCUT2D eigenvalue weighted by Crippen LogP contribution is 2.50. The third-order valence-electron chi connectivity index (χ3n) is 3.68. The summed E-state index contributed by atoms with van der Waals surface area (Å²) in [6, 6.07) is 0.194. The molecule has 0 saturated carbocycles. The zero-order valence-corrected chi connectivity index (χ0v) is 17.4. The number of nitrogens with zero attached hydrogens (tertiary/aromatic N) is 1. The molecule has 0 radical (unpaired) electrons. The number of hydrogen-bond donors (Lipinski definition) is 1. The van der Waals surface area contributed by atoms with E-state index in [0.29, 0.717) is 18.4 Å². The van der Waals surface area contributed by atoms with Crippen LogP contribution >= 0.6 is 7.60 Å². The number of hydrogen-bond acceptors (Lipinski definition) is 7. The van der Waals surface area contributed by atoms with Gasteiger partial charge in [0.25, 0.3) is 11.6 Å². The SMILES string of the molecule is Cc1cnc(O[C@H]2C=C[C@@H](OCP(=O)(OC(C)C)OC(C)C)CC2)[nH]c1=O. The molecular weight excluding hydrogens is 371 g/mol. The molecule has 1 aliphatic carbocycles. The Kier molecular flexibility index (Phi) is 7.79. The first-order chi connectivity index (χ1) is 12.7. The van der Waals surface area contributed by atoms with Crippen LogP contribution in [0.15, 0.2) is 23.1 Å². The maximum Gasteiger partial charge on any atom is 0.356 e. The lowest BCUT2D eigenvalue weighted by atomic mass is 10.0. The van der Waals surface area contributed by atoms with Crippen molar-refractivity contribution in [1.82, 2.24) is 9.97 Å². The summed E-state index contributed by atoms with van der Waals surface area (Å²) in [5, 5.41) is 0. The molecule has 152 valence electrons. The second-order valence-electron chi connectivity index (χ2n) is 7.07. The Morgan fingerprint density at radius 2 is 1.74 bits per heavy atom. The average Bonchev–Trinajstić information content (AvgIpc) is 2.56. The van der Waals surface area contributed by atoms with Gasteiger partial charge in [-0.3, -0.25) is 14.3 Å². The van der Waals surface area contributed by atoms with Crippen molar-refractivity contribution in [3.05, 3.63) is 34.3 Å². The number of aromatic amines is 1. The molecule has 0 aliphatic heterocycles. The highest BCUT2D eigenvalue weighted by atomic mass is 31.2. The van der Waals surface area contributed by atoms with Gasteiger partial charge in [0.2, 0.25) is 0 Å². The molecule has 1 aliphatic rings.